The molecule has 0 bridgehead atoms. The Kier molecular flexibility index (Phi) is 5.63. The topological polar surface area (TPSA) is 59.6 Å². The number of methoxy groups -OCH3 is 1. The number of benzene rings is 2. The third-order valence-electron chi connectivity index (χ3n) is 2.96. The molecule has 0 heterocycles. The molecule has 0 unspecified atom stereocenters. The number of nitrogens with one attached hydrogen (secondary N) is 2. The lowest BCUT2D eigenvalue weighted by Gasteiger charge is -2.13. The predicted molar refractivity (Wildman–Crippen MR) is 76.5 cm³/mol. The van der Waals surface area contributed by atoms with Crippen LogP contribution in [0.4, 0.5) is 27.6 Å². The highest BCUT2D eigenvalue weighted by Gasteiger charge is 2.26. The van der Waals surface area contributed by atoms with E-state index in [2.05, 4.69) is 0 Å². The van der Waals surface area contributed by atoms with Crippen LogP contribution >= 0.6 is 0 Å². The molecule has 0 saturated heterocycles. The van der Waals surface area contributed by atoms with Crippen LogP contribution in [-0.2, 0) is 4.79 Å². The van der Waals surface area contributed by atoms with Gasteiger partial charge in [-0.2, -0.15) is 0 Å². The summed E-state index contributed by atoms with van der Waals surface area (Å²) in [5.74, 6) is -11.2. The number of hydrogen-bond donors (Lipinski definition) is 2. The number of rotatable bonds is 6. The van der Waals surface area contributed by atoms with Gasteiger partial charge in [-0.25, -0.2) is 22.0 Å². The van der Waals surface area contributed by atoms with Gasteiger partial charge in [0.2, 0.25) is 5.82 Å². The van der Waals surface area contributed by atoms with Crippen molar-refractivity contribution in [1.29, 1.82) is 0 Å². The average molecular weight is 362 g/mol. The monoisotopic (exact) mass is 362 g/mol. The van der Waals surface area contributed by atoms with Crippen LogP contribution in [0.15, 0.2) is 24.3 Å². The zero-order valence-corrected chi connectivity index (χ0v) is 12.6. The minimum absolute atomic E-state index is 0.219. The highest BCUT2D eigenvalue weighted by atomic mass is 19.2. The maximum atomic E-state index is 13.4. The molecule has 0 atom stereocenters. The van der Waals surface area contributed by atoms with E-state index in [4.69, 9.17) is 9.47 Å². The highest BCUT2D eigenvalue weighted by Crippen LogP contribution is 2.27. The van der Waals surface area contributed by atoms with Crippen molar-refractivity contribution in [2.24, 2.45) is 0 Å². The smallest absolute Gasteiger partial charge is 0.276 e. The van der Waals surface area contributed by atoms with E-state index < -0.39 is 47.3 Å². The van der Waals surface area contributed by atoms with E-state index in [0.717, 1.165) is 0 Å². The van der Waals surface area contributed by atoms with Crippen molar-refractivity contribution < 1.29 is 36.2 Å². The van der Waals surface area contributed by atoms with Gasteiger partial charge in [-0.15, -0.1) is 0 Å². The molecule has 0 aliphatic rings. The molecule has 0 spiro atoms. The molecule has 0 saturated carbocycles. The number of amides is 1. The standard InChI is InChI=1S/C15H11F5N2O3/c1-24-7-4-2-3-5-8(7)25-6-9(23)21-22-15-13(19)11(17)10(16)12(18)14(15)20/h2-5,22H,6H2,1H3,(H,21,23). The van der Waals surface area contributed by atoms with Gasteiger partial charge in [0.25, 0.3) is 5.91 Å². The number of carbonyl (C=O) groups excluding carboxylic acids is 1. The first kappa shape index (κ1) is 18.3. The molecule has 0 fully saturated rings. The molecule has 0 aromatic heterocycles. The predicted octanol–water partition coefficient (Wildman–Crippen LogP) is 2.91. The molecule has 1 amide bonds. The van der Waals surface area contributed by atoms with Crippen molar-refractivity contribution >= 4 is 11.6 Å². The minimum Gasteiger partial charge on any atom is -0.493 e. The Labute approximate surface area is 138 Å². The van der Waals surface area contributed by atoms with Gasteiger partial charge in [0.15, 0.2) is 41.4 Å². The molecule has 10 heteroatoms. The van der Waals surface area contributed by atoms with E-state index in [0.29, 0.717) is 5.75 Å². The van der Waals surface area contributed by atoms with E-state index >= 15 is 0 Å². The van der Waals surface area contributed by atoms with Crippen molar-refractivity contribution in [1.82, 2.24) is 5.43 Å². The van der Waals surface area contributed by atoms with Gasteiger partial charge in [-0.05, 0) is 12.1 Å². The molecule has 2 aromatic carbocycles. The Bertz CT molecular complexity index is 772. The molecule has 0 aliphatic carbocycles. The lowest BCUT2D eigenvalue weighted by Crippen LogP contribution is -2.34. The van der Waals surface area contributed by atoms with E-state index in [-0.39, 0.29) is 5.75 Å². The fraction of sp³-hybridized carbons (Fsp3) is 0.133. The summed E-state index contributed by atoms with van der Waals surface area (Å²) in [6, 6.07) is 6.35. The van der Waals surface area contributed by atoms with Crippen LogP contribution in [0.1, 0.15) is 0 Å². The molecule has 2 rings (SSSR count). The summed E-state index contributed by atoms with van der Waals surface area (Å²) in [6.45, 7) is -0.608. The zero-order valence-electron chi connectivity index (χ0n) is 12.6. The lowest BCUT2D eigenvalue weighted by molar-refractivity contribution is -0.122. The first-order valence-corrected chi connectivity index (χ1v) is 6.69. The quantitative estimate of drug-likeness (QED) is 0.359. The van der Waals surface area contributed by atoms with Crippen LogP contribution in [0.5, 0.6) is 11.5 Å². The summed E-state index contributed by atoms with van der Waals surface area (Å²) in [5, 5.41) is 0. The number of anilines is 1. The van der Waals surface area contributed by atoms with Crippen molar-refractivity contribution in [3.05, 3.63) is 53.4 Å². The number of hydrogen-bond acceptors (Lipinski definition) is 4. The van der Waals surface area contributed by atoms with Crippen molar-refractivity contribution in [2.75, 3.05) is 19.1 Å². The number of hydrazine groups is 1. The van der Waals surface area contributed by atoms with E-state index in [1.807, 2.05) is 0 Å². The molecule has 5 nitrogen and oxygen atoms in total. The summed E-state index contributed by atoms with van der Waals surface area (Å²) in [6.07, 6.45) is 0. The van der Waals surface area contributed by atoms with E-state index in [9.17, 15) is 26.7 Å². The maximum absolute atomic E-state index is 13.4. The Balaban J connectivity index is 2.01. The molecule has 2 aromatic rings. The molecule has 0 radical (unpaired) electrons. The van der Waals surface area contributed by atoms with Crippen molar-refractivity contribution in [3.63, 3.8) is 0 Å². The normalized spacial score (nSPS) is 10.3. The minimum atomic E-state index is -2.30. The Morgan fingerprint density at radius 2 is 1.44 bits per heavy atom. The van der Waals surface area contributed by atoms with E-state index in [1.165, 1.54) is 13.2 Å². The first-order chi connectivity index (χ1) is 11.9. The molecule has 2 N–H and O–H groups in total. The number of para-hydroxylation sites is 2. The second-order valence-electron chi connectivity index (χ2n) is 4.56. The van der Waals surface area contributed by atoms with Gasteiger partial charge >= 0.3 is 0 Å². The van der Waals surface area contributed by atoms with Crippen LogP contribution in [0, 0.1) is 29.1 Å². The van der Waals surface area contributed by atoms with Gasteiger partial charge in [-0.1, -0.05) is 12.1 Å². The Hall–Kier alpha value is -3.04. The molecular formula is C15H11F5N2O3. The van der Waals surface area contributed by atoms with Gasteiger partial charge in [0, 0.05) is 0 Å². The fourth-order valence-electron chi connectivity index (χ4n) is 1.76. The van der Waals surface area contributed by atoms with Crippen LogP contribution in [0.2, 0.25) is 0 Å². The number of halogens is 5. The fourth-order valence-corrected chi connectivity index (χ4v) is 1.76. The number of carbonyl (C=O) groups is 1. The maximum Gasteiger partial charge on any atom is 0.276 e. The van der Waals surface area contributed by atoms with Crippen LogP contribution < -0.4 is 20.3 Å². The van der Waals surface area contributed by atoms with Crippen LogP contribution in [0.3, 0.4) is 0 Å². The van der Waals surface area contributed by atoms with Crippen LogP contribution in [-0.4, -0.2) is 19.6 Å². The van der Waals surface area contributed by atoms with Crippen molar-refractivity contribution in [2.45, 2.75) is 0 Å². The van der Waals surface area contributed by atoms with Gasteiger partial charge in [0.05, 0.1) is 7.11 Å². The second-order valence-corrected chi connectivity index (χ2v) is 4.56. The van der Waals surface area contributed by atoms with Crippen LogP contribution in [0.25, 0.3) is 0 Å². The average Bonchev–Trinajstić information content (AvgIpc) is 2.63. The third-order valence-corrected chi connectivity index (χ3v) is 2.96. The summed E-state index contributed by atoms with van der Waals surface area (Å²) >= 11 is 0. The summed E-state index contributed by atoms with van der Waals surface area (Å²) < 4.78 is 75.9. The Morgan fingerprint density at radius 1 is 0.920 bits per heavy atom. The zero-order chi connectivity index (χ0) is 18.6. The highest BCUT2D eigenvalue weighted by molar-refractivity contribution is 5.79. The second kappa shape index (κ2) is 7.69. The molecule has 0 aliphatic heterocycles. The third kappa shape index (κ3) is 3.90. The van der Waals surface area contributed by atoms with Crippen molar-refractivity contribution in [3.8, 4) is 11.5 Å². The van der Waals surface area contributed by atoms with Gasteiger partial charge in [0.1, 0.15) is 5.69 Å². The van der Waals surface area contributed by atoms with E-state index in [1.54, 1.807) is 29.1 Å². The first-order valence-electron chi connectivity index (χ1n) is 6.69. The van der Waals surface area contributed by atoms with Gasteiger partial charge in [-0.3, -0.25) is 15.6 Å². The summed E-state index contributed by atoms with van der Waals surface area (Å²) in [5.41, 5.74) is 2.03. The molecular weight excluding hydrogens is 351 g/mol. The SMILES string of the molecule is COc1ccccc1OCC(=O)NNc1c(F)c(F)c(F)c(F)c1F. The lowest BCUT2D eigenvalue weighted by atomic mass is 10.2. The molecule has 134 valence electrons. The number of ether oxygens (including phenoxy) is 2. The summed E-state index contributed by atoms with van der Waals surface area (Å²) in [7, 11) is 1.38. The van der Waals surface area contributed by atoms with Gasteiger partial charge < -0.3 is 9.47 Å². The summed E-state index contributed by atoms with van der Waals surface area (Å²) in [4.78, 5) is 11.6. The molecule has 25 heavy (non-hydrogen) atoms. The largest absolute Gasteiger partial charge is 0.493 e. The Morgan fingerprint density at radius 3 is 2.00 bits per heavy atom.